The number of hydrogen-bond donors (Lipinski definition) is 1. The smallest absolute Gasteiger partial charge is 0.417 e. The van der Waals surface area contributed by atoms with Crippen LogP contribution in [0.15, 0.2) is 42.5 Å². The maximum atomic E-state index is 12.8. The van der Waals surface area contributed by atoms with Gasteiger partial charge in [-0.15, -0.1) is 0 Å². The summed E-state index contributed by atoms with van der Waals surface area (Å²) >= 11 is 5.48. The monoisotopic (exact) mass is 431 g/mol. The molecule has 0 unspecified atom stereocenters. The van der Waals surface area contributed by atoms with Crippen LogP contribution in [0.2, 0.25) is 5.02 Å². The van der Waals surface area contributed by atoms with Gasteiger partial charge in [-0.1, -0.05) is 11.6 Å². The Morgan fingerprint density at radius 2 is 1.66 bits per heavy atom. The fraction of sp³-hybridized carbons (Fsp3) is 0.211. The van der Waals surface area contributed by atoms with Crippen LogP contribution in [0, 0.1) is 5.82 Å². The molecular formula is C19H14ClF4NO4. The first-order valence-electron chi connectivity index (χ1n) is 8.17. The fourth-order valence-corrected chi connectivity index (χ4v) is 2.46. The first-order valence-corrected chi connectivity index (χ1v) is 8.55. The summed E-state index contributed by atoms with van der Waals surface area (Å²) in [7, 11) is 0. The van der Waals surface area contributed by atoms with E-state index in [0.717, 1.165) is 18.2 Å². The summed E-state index contributed by atoms with van der Waals surface area (Å²) in [6.45, 7) is -0.743. The number of esters is 1. The molecular weight excluding hydrogens is 418 g/mol. The van der Waals surface area contributed by atoms with Crippen molar-refractivity contribution >= 4 is 34.9 Å². The number of amides is 1. The molecule has 0 fully saturated rings. The predicted molar refractivity (Wildman–Crippen MR) is 96.0 cm³/mol. The maximum Gasteiger partial charge on any atom is 0.417 e. The van der Waals surface area contributed by atoms with E-state index in [1.807, 2.05) is 0 Å². The molecule has 10 heteroatoms. The molecule has 1 N–H and O–H groups in total. The lowest BCUT2D eigenvalue weighted by atomic mass is 10.1. The van der Waals surface area contributed by atoms with Gasteiger partial charge in [0.15, 0.2) is 12.4 Å². The molecule has 0 aromatic heterocycles. The summed E-state index contributed by atoms with van der Waals surface area (Å²) in [4.78, 5) is 35.3. The van der Waals surface area contributed by atoms with Gasteiger partial charge in [0.1, 0.15) is 5.82 Å². The van der Waals surface area contributed by atoms with Crippen LogP contribution in [0.3, 0.4) is 0 Å². The van der Waals surface area contributed by atoms with Crippen LogP contribution in [-0.4, -0.2) is 24.3 Å². The summed E-state index contributed by atoms with van der Waals surface area (Å²) in [5.74, 6) is -2.62. The number of benzene rings is 2. The molecule has 29 heavy (non-hydrogen) atoms. The van der Waals surface area contributed by atoms with Gasteiger partial charge in [-0.3, -0.25) is 14.4 Å². The topological polar surface area (TPSA) is 72.5 Å². The minimum absolute atomic E-state index is 0.172. The van der Waals surface area contributed by atoms with E-state index in [2.05, 4.69) is 5.32 Å². The van der Waals surface area contributed by atoms with E-state index in [4.69, 9.17) is 16.3 Å². The SMILES string of the molecule is O=C(COC(=O)CCC(=O)c1ccc(F)cc1)Nc1ccc(Cl)c(C(F)(F)F)c1. The second-order valence-corrected chi connectivity index (χ2v) is 6.24. The number of nitrogens with one attached hydrogen (secondary N) is 1. The molecule has 2 rings (SSSR count). The zero-order valence-electron chi connectivity index (χ0n) is 14.7. The fourth-order valence-electron chi connectivity index (χ4n) is 2.23. The van der Waals surface area contributed by atoms with E-state index in [1.165, 1.54) is 18.2 Å². The van der Waals surface area contributed by atoms with Crippen LogP contribution in [0.1, 0.15) is 28.8 Å². The van der Waals surface area contributed by atoms with Gasteiger partial charge in [-0.05, 0) is 42.5 Å². The lowest BCUT2D eigenvalue weighted by molar-refractivity contribution is -0.147. The quantitative estimate of drug-likeness (QED) is 0.394. The van der Waals surface area contributed by atoms with Crippen molar-refractivity contribution in [1.29, 1.82) is 0 Å². The molecule has 0 aliphatic rings. The van der Waals surface area contributed by atoms with Crippen molar-refractivity contribution in [3.05, 3.63) is 64.4 Å². The summed E-state index contributed by atoms with van der Waals surface area (Å²) in [6, 6.07) is 7.57. The number of halogens is 5. The third-order valence-electron chi connectivity index (χ3n) is 3.64. The van der Waals surface area contributed by atoms with Gasteiger partial charge in [-0.25, -0.2) is 4.39 Å². The van der Waals surface area contributed by atoms with Crippen LogP contribution >= 0.6 is 11.6 Å². The number of rotatable bonds is 7. The lowest BCUT2D eigenvalue weighted by Gasteiger charge is -2.12. The van der Waals surface area contributed by atoms with Crippen molar-refractivity contribution in [2.75, 3.05) is 11.9 Å². The Hall–Kier alpha value is -2.94. The average Bonchev–Trinajstić information content (AvgIpc) is 2.65. The Bertz CT molecular complexity index is 913. The molecule has 5 nitrogen and oxygen atoms in total. The average molecular weight is 432 g/mol. The van der Waals surface area contributed by atoms with Crippen molar-refractivity contribution in [3.63, 3.8) is 0 Å². The van der Waals surface area contributed by atoms with Crippen molar-refractivity contribution in [2.24, 2.45) is 0 Å². The Balaban J connectivity index is 1.81. The molecule has 0 radical (unpaired) electrons. The zero-order valence-corrected chi connectivity index (χ0v) is 15.4. The molecule has 1 amide bonds. The van der Waals surface area contributed by atoms with Gasteiger partial charge in [0.2, 0.25) is 0 Å². The van der Waals surface area contributed by atoms with E-state index in [1.54, 1.807) is 0 Å². The molecule has 154 valence electrons. The van der Waals surface area contributed by atoms with Crippen molar-refractivity contribution in [2.45, 2.75) is 19.0 Å². The number of carbonyl (C=O) groups is 3. The van der Waals surface area contributed by atoms with Crippen LogP contribution in [0.4, 0.5) is 23.2 Å². The van der Waals surface area contributed by atoms with Gasteiger partial charge in [0, 0.05) is 17.7 Å². The largest absolute Gasteiger partial charge is 0.456 e. The van der Waals surface area contributed by atoms with E-state index < -0.39 is 46.8 Å². The summed E-state index contributed by atoms with van der Waals surface area (Å²) in [5, 5.41) is 1.64. The molecule has 2 aromatic carbocycles. The summed E-state index contributed by atoms with van der Waals surface area (Å²) in [6.07, 6.45) is -5.22. The summed E-state index contributed by atoms with van der Waals surface area (Å²) in [5.41, 5.74) is -1.07. The number of ether oxygens (including phenoxy) is 1. The van der Waals surface area contributed by atoms with Crippen molar-refractivity contribution in [3.8, 4) is 0 Å². The van der Waals surface area contributed by atoms with E-state index in [9.17, 15) is 31.9 Å². The highest BCUT2D eigenvalue weighted by atomic mass is 35.5. The maximum absolute atomic E-state index is 12.8. The molecule has 0 saturated heterocycles. The first-order chi connectivity index (χ1) is 13.6. The molecule has 0 aliphatic carbocycles. The third-order valence-corrected chi connectivity index (χ3v) is 3.97. The minimum Gasteiger partial charge on any atom is -0.456 e. The highest BCUT2D eigenvalue weighted by Gasteiger charge is 2.33. The molecule has 0 heterocycles. The number of Topliss-reactive ketones (excluding diaryl/α,β-unsaturated/α-hetero) is 1. The molecule has 0 saturated carbocycles. The number of ketones is 1. The molecule has 0 atom stereocenters. The third kappa shape index (κ3) is 6.86. The summed E-state index contributed by atoms with van der Waals surface area (Å²) < 4.78 is 55.9. The molecule has 2 aromatic rings. The highest BCUT2D eigenvalue weighted by Crippen LogP contribution is 2.36. The van der Waals surface area contributed by atoms with Gasteiger partial charge in [-0.2, -0.15) is 13.2 Å². The van der Waals surface area contributed by atoms with Gasteiger partial charge >= 0.3 is 12.1 Å². The Labute approximate surface area is 167 Å². The Morgan fingerprint density at radius 3 is 2.28 bits per heavy atom. The second kappa shape index (κ2) is 9.51. The van der Waals surface area contributed by atoms with Gasteiger partial charge < -0.3 is 10.1 Å². The lowest BCUT2D eigenvalue weighted by Crippen LogP contribution is -2.21. The van der Waals surface area contributed by atoms with Crippen LogP contribution in [-0.2, 0) is 20.5 Å². The van der Waals surface area contributed by atoms with Gasteiger partial charge in [0.25, 0.3) is 5.91 Å². The number of anilines is 1. The van der Waals surface area contributed by atoms with Crippen molar-refractivity contribution < 1.29 is 36.7 Å². The molecule has 0 bridgehead atoms. The Kier molecular flexibility index (Phi) is 7.33. The van der Waals surface area contributed by atoms with Crippen molar-refractivity contribution in [1.82, 2.24) is 0 Å². The van der Waals surface area contributed by atoms with E-state index >= 15 is 0 Å². The van der Waals surface area contributed by atoms with Crippen LogP contribution in [0.25, 0.3) is 0 Å². The number of carbonyl (C=O) groups excluding carboxylic acids is 3. The predicted octanol–water partition coefficient (Wildman–Crippen LogP) is 4.64. The molecule has 0 spiro atoms. The zero-order chi connectivity index (χ0) is 21.6. The number of hydrogen-bond acceptors (Lipinski definition) is 4. The first kappa shape index (κ1) is 22.4. The van der Waals surface area contributed by atoms with Crippen LogP contribution < -0.4 is 5.32 Å². The van der Waals surface area contributed by atoms with Crippen LogP contribution in [0.5, 0.6) is 0 Å². The normalized spacial score (nSPS) is 11.1. The standard InChI is InChI=1S/C19H14ClF4NO4/c20-15-6-5-13(9-14(15)19(22,23)24)25-17(27)10-29-18(28)8-7-16(26)11-1-3-12(21)4-2-11/h1-6,9H,7-8,10H2,(H,25,27). The Morgan fingerprint density at radius 1 is 1.00 bits per heavy atom. The minimum atomic E-state index is -4.69. The van der Waals surface area contributed by atoms with E-state index in [0.29, 0.717) is 6.07 Å². The second-order valence-electron chi connectivity index (χ2n) is 5.83. The molecule has 0 aliphatic heterocycles. The van der Waals surface area contributed by atoms with Gasteiger partial charge in [0.05, 0.1) is 17.0 Å². The highest BCUT2D eigenvalue weighted by molar-refractivity contribution is 6.31. The number of alkyl halides is 3. The van der Waals surface area contributed by atoms with E-state index in [-0.39, 0.29) is 24.1 Å².